The second-order valence-electron chi connectivity index (χ2n) is 4.06. The normalized spacial score (nSPS) is 10.2. The van der Waals surface area contributed by atoms with E-state index in [-0.39, 0.29) is 17.8 Å². The predicted octanol–water partition coefficient (Wildman–Crippen LogP) is 1.83. The number of aromatic nitrogens is 3. The van der Waals surface area contributed by atoms with Crippen molar-refractivity contribution in [1.82, 2.24) is 15.0 Å². The molecule has 2 aromatic rings. The number of nitrogens with zero attached hydrogens (tertiary/aromatic N) is 3. The van der Waals surface area contributed by atoms with Crippen LogP contribution in [0.2, 0.25) is 0 Å². The van der Waals surface area contributed by atoms with Crippen LogP contribution in [-0.4, -0.2) is 26.8 Å². The van der Waals surface area contributed by atoms with Crippen molar-refractivity contribution in [3.05, 3.63) is 18.0 Å². The van der Waals surface area contributed by atoms with Gasteiger partial charge in [-0.3, -0.25) is 14.9 Å². The first-order chi connectivity index (χ1) is 9.45. The van der Waals surface area contributed by atoms with E-state index >= 15 is 0 Å². The molecule has 0 bridgehead atoms. The zero-order valence-corrected chi connectivity index (χ0v) is 12.0. The molecule has 0 aliphatic rings. The van der Waals surface area contributed by atoms with Crippen LogP contribution in [0.1, 0.15) is 19.5 Å². The number of carbonyl (C=O) groups is 2. The second-order valence-corrected chi connectivity index (χ2v) is 5.06. The van der Waals surface area contributed by atoms with Gasteiger partial charge in [0.2, 0.25) is 17.8 Å². The molecule has 8 heteroatoms. The molecule has 0 unspecified atom stereocenters. The summed E-state index contributed by atoms with van der Waals surface area (Å²) in [5.41, 5.74) is 1.40. The van der Waals surface area contributed by atoms with E-state index in [2.05, 4.69) is 25.6 Å². The highest BCUT2D eigenvalue weighted by atomic mass is 32.1. The summed E-state index contributed by atoms with van der Waals surface area (Å²) in [7, 11) is 0. The Morgan fingerprint density at radius 2 is 1.85 bits per heavy atom. The highest BCUT2D eigenvalue weighted by Gasteiger charge is 2.12. The fraction of sp³-hybridized carbons (Fsp3) is 0.250. The molecular weight excluding hydrogens is 278 g/mol. The summed E-state index contributed by atoms with van der Waals surface area (Å²) in [6, 6.07) is 1.73. The molecule has 104 valence electrons. The summed E-state index contributed by atoms with van der Waals surface area (Å²) in [5, 5.41) is 5.68. The molecule has 2 heterocycles. The zero-order valence-electron chi connectivity index (χ0n) is 11.2. The summed E-state index contributed by atoms with van der Waals surface area (Å²) in [4.78, 5) is 35.3. The van der Waals surface area contributed by atoms with Crippen LogP contribution >= 0.6 is 11.3 Å². The van der Waals surface area contributed by atoms with Crippen LogP contribution < -0.4 is 10.6 Å². The predicted molar refractivity (Wildman–Crippen MR) is 76.5 cm³/mol. The number of hydrogen-bond acceptors (Lipinski definition) is 6. The maximum Gasteiger partial charge on any atom is 0.229 e. The number of thiazole rings is 1. The van der Waals surface area contributed by atoms with E-state index in [9.17, 15) is 9.59 Å². The van der Waals surface area contributed by atoms with Gasteiger partial charge in [-0.2, -0.15) is 0 Å². The van der Waals surface area contributed by atoms with Gasteiger partial charge in [-0.25, -0.2) is 15.0 Å². The van der Waals surface area contributed by atoms with Crippen LogP contribution in [-0.2, 0) is 9.59 Å². The van der Waals surface area contributed by atoms with E-state index < -0.39 is 0 Å². The average Bonchev–Trinajstić information content (AvgIpc) is 2.68. The fourth-order valence-corrected chi connectivity index (χ4v) is 2.52. The number of carbonyl (C=O) groups excluding carboxylic acids is 2. The average molecular weight is 291 g/mol. The van der Waals surface area contributed by atoms with Crippen molar-refractivity contribution >= 4 is 34.2 Å². The van der Waals surface area contributed by atoms with Gasteiger partial charge in [-0.1, -0.05) is 11.3 Å². The molecule has 2 aromatic heterocycles. The number of hydrogen-bond donors (Lipinski definition) is 2. The largest absolute Gasteiger partial charge is 0.302 e. The molecule has 0 aliphatic heterocycles. The SMILES string of the molecule is CC(=O)Nc1nccc(-c2sc(NC(C)=O)nc2C)n1. The van der Waals surface area contributed by atoms with Crippen LogP contribution in [0.4, 0.5) is 11.1 Å². The molecule has 0 saturated heterocycles. The van der Waals surface area contributed by atoms with Crippen molar-refractivity contribution < 1.29 is 9.59 Å². The maximum absolute atomic E-state index is 11.0. The molecule has 0 atom stereocenters. The van der Waals surface area contributed by atoms with Crippen LogP contribution in [0, 0.1) is 6.92 Å². The molecular formula is C12H13N5O2S. The van der Waals surface area contributed by atoms with E-state index in [1.54, 1.807) is 12.3 Å². The Labute approximate surface area is 119 Å². The first kappa shape index (κ1) is 14.1. The highest BCUT2D eigenvalue weighted by Crippen LogP contribution is 2.31. The van der Waals surface area contributed by atoms with Gasteiger partial charge in [0.1, 0.15) is 0 Å². The number of amides is 2. The van der Waals surface area contributed by atoms with Crippen LogP contribution in [0.15, 0.2) is 12.3 Å². The quantitative estimate of drug-likeness (QED) is 0.899. The maximum atomic E-state index is 11.0. The summed E-state index contributed by atoms with van der Waals surface area (Å²) in [5.74, 6) is -0.169. The van der Waals surface area contributed by atoms with Gasteiger partial charge >= 0.3 is 0 Å². The Kier molecular flexibility index (Phi) is 4.04. The van der Waals surface area contributed by atoms with Gasteiger partial charge in [0.05, 0.1) is 16.3 Å². The first-order valence-electron chi connectivity index (χ1n) is 5.81. The van der Waals surface area contributed by atoms with Crippen molar-refractivity contribution in [2.45, 2.75) is 20.8 Å². The lowest BCUT2D eigenvalue weighted by Crippen LogP contribution is -2.09. The summed E-state index contributed by atoms with van der Waals surface area (Å²) in [6.45, 7) is 4.65. The standard InChI is InChI=1S/C12H13N5O2S/c1-6-10(20-12(14-6)16-8(3)19)9-4-5-13-11(17-9)15-7(2)18/h4-5H,1-3H3,(H,14,16,19)(H,13,15,17,18). The highest BCUT2D eigenvalue weighted by molar-refractivity contribution is 7.19. The Hall–Kier alpha value is -2.35. The van der Waals surface area contributed by atoms with Gasteiger partial charge in [-0.15, -0.1) is 0 Å². The van der Waals surface area contributed by atoms with Gasteiger partial charge in [0, 0.05) is 20.0 Å². The minimum atomic E-state index is -0.234. The van der Waals surface area contributed by atoms with E-state index in [0.717, 1.165) is 10.6 Å². The third-order valence-corrected chi connectivity index (χ3v) is 3.35. The van der Waals surface area contributed by atoms with Gasteiger partial charge < -0.3 is 5.32 Å². The molecule has 7 nitrogen and oxygen atoms in total. The molecule has 20 heavy (non-hydrogen) atoms. The van der Waals surface area contributed by atoms with Crippen LogP contribution in [0.5, 0.6) is 0 Å². The fourth-order valence-electron chi connectivity index (χ4n) is 1.54. The lowest BCUT2D eigenvalue weighted by molar-refractivity contribution is -0.115. The lowest BCUT2D eigenvalue weighted by atomic mass is 10.3. The van der Waals surface area contributed by atoms with E-state index in [1.165, 1.54) is 25.2 Å². The van der Waals surface area contributed by atoms with Crippen molar-refractivity contribution in [2.24, 2.45) is 0 Å². The monoisotopic (exact) mass is 291 g/mol. The van der Waals surface area contributed by atoms with Gasteiger partial charge in [0.25, 0.3) is 0 Å². The number of aryl methyl sites for hydroxylation is 1. The van der Waals surface area contributed by atoms with Crippen molar-refractivity contribution in [3.63, 3.8) is 0 Å². The number of rotatable bonds is 3. The van der Waals surface area contributed by atoms with Crippen molar-refractivity contribution in [2.75, 3.05) is 10.6 Å². The molecule has 0 radical (unpaired) electrons. The topological polar surface area (TPSA) is 96.9 Å². The molecule has 2 amide bonds. The molecule has 0 spiro atoms. The molecule has 0 fully saturated rings. The first-order valence-corrected chi connectivity index (χ1v) is 6.63. The zero-order chi connectivity index (χ0) is 14.7. The lowest BCUT2D eigenvalue weighted by Gasteiger charge is -2.02. The van der Waals surface area contributed by atoms with Crippen LogP contribution in [0.25, 0.3) is 10.6 Å². The van der Waals surface area contributed by atoms with E-state index in [0.29, 0.717) is 10.8 Å². The van der Waals surface area contributed by atoms with Crippen LogP contribution in [0.3, 0.4) is 0 Å². The Balaban J connectivity index is 2.33. The Bertz CT molecular complexity index is 668. The Morgan fingerprint density at radius 1 is 1.15 bits per heavy atom. The second kappa shape index (κ2) is 5.74. The summed E-state index contributed by atoms with van der Waals surface area (Å²) in [6.07, 6.45) is 1.56. The van der Waals surface area contributed by atoms with E-state index in [1.807, 2.05) is 6.92 Å². The number of nitrogens with one attached hydrogen (secondary N) is 2. The summed E-state index contributed by atoms with van der Waals surface area (Å²) < 4.78 is 0. The summed E-state index contributed by atoms with van der Waals surface area (Å²) >= 11 is 1.32. The smallest absolute Gasteiger partial charge is 0.229 e. The van der Waals surface area contributed by atoms with E-state index in [4.69, 9.17) is 0 Å². The molecule has 0 aromatic carbocycles. The van der Waals surface area contributed by atoms with Crippen molar-refractivity contribution in [3.8, 4) is 10.6 Å². The van der Waals surface area contributed by atoms with Gasteiger partial charge in [-0.05, 0) is 13.0 Å². The molecule has 2 N–H and O–H groups in total. The third kappa shape index (κ3) is 3.35. The van der Waals surface area contributed by atoms with Gasteiger partial charge in [0.15, 0.2) is 5.13 Å². The third-order valence-electron chi connectivity index (χ3n) is 2.26. The molecule has 0 aliphatic carbocycles. The number of anilines is 2. The Morgan fingerprint density at radius 3 is 2.50 bits per heavy atom. The molecule has 0 saturated carbocycles. The molecule has 2 rings (SSSR count). The minimum Gasteiger partial charge on any atom is -0.302 e. The minimum absolute atomic E-state index is 0.174. The van der Waals surface area contributed by atoms with Crippen molar-refractivity contribution in [1.29, 1.82) is 0 Å².